The van der Waals surface area contributed by atoms with Crippen molar-refractivity contribution in [2.45, 2.75) is 34.1 Å². The van der Waals surface area contributed by atoms with Gasteiger partial charge in [0.2, 0.25) is 0 Å². The van der Waals surface area contributed by atoms with Crippen molar-refractivity contribution in [3.63, 3.8) is 0 Å². The summed E-state index contributed by atoms with van der Waals surface area (Å²) >= 11 is 6.38. The summed E-state index contributed by atoms with van der Waals surface area (Å²) in [6, 6.07) is 2.03. The second kappa shape index (κ2) is 7.87. The predicted octanol–water partition coefficient (Wildman–Crippen LogP) is 3.07. The minimum absolute atomic E-state index is 0.323. The van der Waals surface area contributed by atoms with Gasteiger partial charge in [-0.1, -0.05) is 18.5 Å². The molecule has 0 aliphatic heterocycles. The molecule has 0 saturated heterocycles. The van der Waals surface area contributed by atoms with E-state index in [-0.39, 0.29) is 0 Å². The topological polar surface area (TPSA) is 61.3 Å². The Hall–Kier alpha value is -0.770. The molecule has 0 fully saturated rings. The summed E-state index contributed by atoms with van der Waals surface area (Å²) in [6.07, 6.45) is 0.889. The fraction of sp³-hybridized carbons (Fsp3) is 0.625. The zero-order chi connectivity index (χ0) is 15.3. The van der Waals surface area contributed by atoms with Gasteiger partial charge in [0.25, 0.3) is 0 Å². The van der Waals surface area contributed by atoms with Crippen molar-refractivity contribution in [1.82, 2.24) is 0 Å². The van der Waals surface area contributed by atoms with E-state index >= 15 is 0 Å². The second-order valence-electron chi connectivity index (χ2n) is 5.46. The second-order valence-corrected chi connectivity index (χ2v) is 5.83. The summed E-state index contributed by atoms with van der Waals surface area (Å²) in [4.78, 5) is 0. The number of nitrogens with two attached hydrogens (primary N) is 2. The van der Waals surface area contributed by atoms with Crippen molar-refractivity contribution in [3.05, 3.63) is 27.8 Å². The Kier molecular flexibility index (Phi) is 6.80. The van der Waals surface area contributed by atoms with Crippen LogP contribution in [-0.2, 0) is 6.42 Å². The van der Waals surface area contributed by atoms with E-state index in [0.717, 1.165) is 28.3 Å². The lowest BCUT2D eigenvalue weighted by molar-refractivity contribution is 0.325. The van der Waals surface area contributed by atoms with Crippen LogP contribution in [0.4, 0.5) is 0 Å². The number of hydrogen-bond donors (Lipinski definition) is 2. The first kappa shape index (κ1) is 17.3. The number of ether oxygens (including phenoxy) is 1. The molecule has 20 heavy (non-hydrogen) atoms. The molecule has 3 nitrogen and oxygen atoms in total. The molecule has 1 aromatic rings. The van der Waals surface area contributed by atoms with Gasteiger partial charge < -0.3 is 16.2 Å². The summed E-state index contributed by atoms with van der Waals surface area (Å²) in [5.74, 6) is 1.66. The van der Waals surface area contributed by atoms with Crippen LogP contribution in [0.25, 0.3) is 0 Å². The van der Waals surface area contributed by atoms with E-state index in [2.05, 4.69) is 13.8 Å². The summed E-state index contributed by atoms with van der Waals surface area (Å²) in [6.45, 7) is 10.1. The highest BCUT2D eigenvalue weighted by molar-refractivity contribution is 6.32. The molecule has 1 unspecified atom stereocenters. The lowest BCUT2D eigenvalue weighted by atomic mass is 9.86. The van der Waals surface area contributed by atoms with Crippen molar-refractivity contribution in [3.8, 4) is 5.75 Å². The molecule has 0 amide bonds. The Balaban J connectivity index is 3.12. The molecule has 0 aliphatic carbocycles. The molecule has 0 spiro atoms. The average Bonchev–Trinajstić information content (AvgIpc) is 2.42. The quantitative estimate of drug-likeness (QED) is 0.813. The molecule has 1 aromatic carbocycles. The Morgan fingerprint density at radius 2 is 1.85 bits per heavy atom. The zero-order valence-corrected chi connectivity index (χ0v) is 13.8. The molecule has 4 heteroatoms. The Labute approximate surface area is 127 Å². The van der Waals surface area contributed by atoms with Crippen LogP contribution in [0.5, 0.6) is 5.75 Å². The van der Waals surface area contributed by atoms with Crippen molar-refractivity contribution in [1.29, 1.82) is 0 Å². The number of benzene rings is 1. The molecule has 0 bridgehead atoms. The molecule has 0 radical (unpaired) electrons. The summed E-state index contributed by atoms with van der Waals surface area (Å²) in [5, 5.41) is 0.827. The van der Waals surface area contributed by atoms with Crippen LogP contribution in [0.2, 0.25) is 5.02 Å². The van der Waals surface area contributed by atoms with Gasteiger partial charge in [-0.05, 0) is 74.9 Å². The molecule has 0 aliphatic rings. The Morgan fingerprint density at radius 3 is 2.35 bits per heavy atom. The van der Waals surface area contributed by atoms with E-state index in [1.54, 1.807) is 0 Å². The number of rotatable bonds is 7. The van der Waals surface area contributed by atoms with Gasteiger partial charge in [-0.3, -0.25) is 0 Å². The van der Waals surface area contributed by atoms with Crippen molar-refractivity contribution in [2.24, 2.45) is 23.3 Å². The molecular weight excluding hydrogens is 272 g/mol. The van der Waals surface area contributed by atoms with Gasteiger partial charge in [-0.25, -0.2) is 0 Å². The molecule has 0 saturated carbocycles. The van der Waals surface area contributed by atoms with E-state index in [0.29, 0.717) is 31.5 Å². The molecule has 1 rings (SSSR count). The van der Waals surface area contributed by atoms with E-state index in [4.69, 9.17) is 27.8 Å². The van der Waals surface area contributed by atoms with Crippen LogP contribution < -0.4 is 16.2 Å². The third kappa shape index (κ3) is 3.87. The van der Waals surface area contributed by atoms with Gasteiger partial charge >= 0.3 is 0 Å². The molecule has 4 N–H and O–H groups in total. The fourth-order valence-corrected chi connectivity index (χ4v) is 2.72. The van der Waals surface area contributed by atoms with E-state index in [1.165, 1.54) is 5.56 Å². The van der Waals surface area contributed by atoms with Crippen LogP contribution in [0.1, 0.15) is 30.5 Å². The molecule has 1 atom stereocenters. The Bertz CT molecular complexity index is 445. The first-order chi connectivity index (χ1) is 9.46. The van der Waals surface area contributed by atoms with E-state index in [9.17, 15) is 0 Å². The van der Waals surface area contributed by atoms with Crippen molar-refractivity contribution < 1.29 is 4.74 Å². The minimum Gasteiger partial charge on any atom is -0.494 e. The number of halogens is 1. The van der Waals surface area contributed by atoms with E-state index in [1.807, 2.05) is 19.9 Å². The SMILES string of the molecule is CCOc1cc(C)c(Cl)c(C)c1CC(C)C(CN)CN. The standard InChI is InChI=1S/C16H27ClN2O/c1-5-20-15-7-11(3)16(17)12(4)14(15)6-10(2)13(8-18)9-19/h7,10,13H,5-6,8-9,18-19H2,1-4H3. The third-order valence-electron chi connectivity index (χ3n) is 4.01. The van der Waals surface area contributed by atoms with Crippen molar-refractivity contribution >= 4 is 11.6 Å². The fourth-order valence-electron chi connectivity index (χ4n) is 2.55. The van der Waals surface area contributed by atoms with Gasteiger partial charge in [-0.15, -0.1) is 0 Å². The minimum atomic E-state index is 0.323. The molecule has 0 heterocycles. The molecule has 0 aromatic heterocycles. The van der Waals surface area contributed by atoms with Gasteiger partial charge in [0, 0.05) is 5.02 Å². The first-order valence-electron chi connectivity index (χ1n) is 7.27. The molecule has 114 valence electrons. The third-order valence-corrected chi connectivity index (χ3v) is 4.59. The summed E-state index contributed by atoms with van der Waals surface area (Å²) < 4.78 is 5.78. The number of aryl methyl sites for hydroxylation is 1. The molecular formula is C16H27ClN2O. The smallest absolute Gasteiger partial charge is 0.123 e. The number of hydrogen-bond acceptors (Lipinski definition) is 3. The largest absolute Gasteiger partial charge is 0.494 e. The zero-order valence-electron chi connectivity index (χ0n) is 13.0. The maximum atomic E-state index is 6.38. The highest BCUT2D eigenvalue weighted by Gasteiger charge is 2.20. The van der Waals surface area contributed by atoms with Gasteiger partial charge in [0.15, 0.2) is 0 Å². The van der Waals surface area contributed by atoms with Crippen molar-refractivity contribution in [2.75, 3.05) is 19.7 Å². The van der Waals surface area contributed by atoms with Crippen LogP contribution in [0.3, 0.4) is 0 Å². The maximum absolute atomic E-state index is 6.38. The lowest BCUT2D eigenvalue weighted by Crippen LogP contribution is -2.30. The normalized spacial score (nSPS) is 12.8. The lowest BCUT2D eigenvalue weighted by Gasteiger charge is -2.24. The summed E-state index contributed by atoms with van der Waals surface area (Å²) in [7, 11) is 0. The highest BCUT2D eigenvalue weighted by Crippen LogP contribution is 2.34. The van der Waals surface area contributed by atoms with Crippen LogP contribution >= 0.6 is 11.6 Å². The van der Waals surface area contributed by atoms with Crippen LogP contribution in [0.15, 0.2) is 6.07 Å². The highest BCUT2D eigenvalue weighted by atomic mass is 35.5. The maximum Gasteiger partial charge on any atom is 0.123 e. The van der Waals surface area contributed by atoms with Crippen LogP contribution in [0, 0.1) is 25.7 Å². The average molecular weight is 299 g/mol. The van der Waals surface area contributed by atoms with Gasteiger partial charge in [0.1, 0.15) is 5.75 Å². The summed E-state index contributed by atoms with van der Waals surface area (Å²) in [5.41, 5.74) is 14.9. The van der Waals surface area contributed by atoms with Gasteiger partial charge in [0.05, 0.1) is 6.61 Å². The van der Waals surface area contributed by atoms with E-state index < -0.39 is 0 Å². The first-order valence-corrected chi connectivity index (χ1v) is 7.65. The van der Waals surface area contributed by atoms with Crippen LogP contribution in [-0.4, -0.2) is 19.7 Å². The monoisotopic (exact) mass is 298 g/mol. The Morgan fingerprint density at radius 1 is 1.25 bits per heavy atom. The predicted molar refractivity (Wildman–Crippen MR) is 86.6 cm³/mol. The van der Waals surface area contributed by atoms with Gasteiger partial charge in [-0.2, -0.15) is 0 Å².